The molecule has 1 saturated heterocycles. The van der Waals surface area contributed by atoms with E-state index in [1.165, 1.54) is 17.7 Å². The lowest BCUT2D eigenvalue weighted by atomic mass is 9.98. The highest BCUT2D eigenvalue weighted by Crippen LogP contribution is 2.23. The molecule has 21 heavy (non-hydrogen) atoms. The zero-order valence-electron chi connectivity index (χ0n) is 12.1. The van der Waals surface area contributed by atoms with Gasteiger partial charge < -0.3 is 0 Å². The molecule has 0 N–H and O–H groups in total. The molecular formula is C16H19F2N3. The molecule has 2 heterocycles. The maximum absolute atomic E-state index is 13.2. The summed E-state index contributed by atoms with van der Waals surface area (Å²) in [6, 6.07) is 3.80. The summed E-state index contributed by atoms with van der Waals surface area (Å²) in [4.78, 5) is 2.37. The second-order valence-electron chi connectivity index (χ2n) is 5.89. The number of hydrogen-bond acceptors (Lipinski definition) is 2. The Morgan fingerprint density at radius 2 is 1.95 bits per heavy atom. The topological polar surface area (TPSA) is 21.1 Å². The monoisotopic (exact) mass is 291 g/mol. The Balaban J connectivity index is 1.57. The van der Waals surface area contributed by atoms with Gasteiger partial charge in [-0.2, -0.15) is 5.10 Å². The summed E-state index contributed by atoms with van der Waals surface area (Å²) in [6.45, 7) is 2.88. The average molecular weight is 291 g/mol. The smallest absolute Gasteiger partial charge is 0.126 e. The molecule has 1 aromatic carbocycles. The van der Waals surface area contributed by atoms with Gasteiger partial charge >= 0.3 is 0 Å². The van der Waals surface area contributed by atoms with Crippen LogP contribution in [0, 0.1) is 17.6 Å². The van der Waals surface area contributed by atoms with Gasteiger partial charge in [0.05, 0.1) is 6.20 Å². The van der Waals surface area contributed by atoms with E-state index in [-0.39, 0.29) is 0 Å². The number of likely N-dealkylation sites (tertiary alicyclic amines) is 1. The molecule has 1 atom stereocenters. The Kier molecular flexibility index (Phi) is 4.01. The van der Waals surface area contributed by atoms with Crippen molar-refractivity contribution in [3.8, 4) is 0 Å². The molecule has 1 aliphatic rings. The maximum atomic E-state index is 13.2. The minimum absolute atomic E-state index is 0.461. The molecule has 1 unspecified atom stereocenters. The van der Waals surface area contributed by atoms with Crippen molar-refractivity contribution in [3.05, 3.63) is 53.4 Å². The Bertz CT molecular complexity index is 603. The second-order valence-corrected chi connectivity index (χ2v) is 5.89. The standard InChI is InChI=1S/C16H19F2N3/c1-20-9-14(8-19-20)11-21-3-2-12(10-21)4-13-5-15(17)7-16(18)6-13/h5-9,12H,2-4,10-11H2,1H3. The zero-order chi connectivity index (χ0) is 14.8. The Labute approximate surface area is 123 Å². The highest BCUT2D eigenvalue weighted by molar-refractivity contribution is 5.18. The molecule has 3 nitrogen and oxygen atoms in total. The fraction of sp³-hybridized carbons (Fsp3) is 0.438. The number of aromatic nitrogens is 2. The summed E-state index contributed by atoms with van der Waals surface area (Å²) >= 11 is 0. The first kappa shape index (κ1) is 14.2. The molecule has 2 aromatic rings. The molecule has 1 aromatic heterocycles. The van der Waals surface area contributed by atoms with Gasteiger partial charge in [0.2, 0.25) is 0 Å². The van der Waals surface area contributed by atoms with Crippen molar-refractivity contribution >= 4 is 0 Å². The van der Waals surface area contributed by atoms with Crippen LogP contribution in [-0.4, -0.2) is 27.8 Å². The average Bonchev–Trinajstić information content (AvgIpc) is 2.98. The van der Waals surface area contributed by atoms with Crippen molar-refractivity contribution in [3.63, 3.8) is 0 Å². The van der Waals surface area contributed by atoms with E-state index in [9.17, 15) is 8.78 Å². The predicted octanol–water partition coefficient (Wildman–Crippen LogP) is 2.76. The first-order valence-corrected chi connectivity index (χ1v) is 7.23. The van der Waals surface area contributed by atoms with E-state index in [4.69, 9.17) is 0 Å². The number of nitrogens with zero attached hydrogens (tertiary/aromatic N) is 3. The van der Waals surface area contributed by atoms with Crippen molar-refractivity contribution in [2.24, 2.45) is 13.0 Å². The molecule has 3 rings (SSSR count). The molecule has 5 heteroatoms. The van der Waals surface area contributed by atoms with E-state index < -0.39 is 11.6 Å². The third-order valence-electron chi connectivity index (χ3n) is 3.98. The fourth-order valence-electron chi connectivity index (χ4n) is 3.10. The first-order valence-electron chi connectivity index (χ1n) is 7.23. The van der Waals surface area contributed by atoms with E-state index in [0.717, 1.165) is 44.1 Å². The summed E-state index contributed by atoms with van der Waals surface area (Å²) in [5.41, 5.74) is 1.95. The van der Waals surface area contributed by atoms with Gasteiger partial charge in [-0.25, -0.2) is 8.78 Å². The molecule has 0 amide bonds. The van der Waals surface area contributed by atoms with Crippen LogP contribution < -0.4 is 0 Å². The lowest BCUT2D eigenvalue weighted by Gasteiger charge is -2.15. The minimum atomic E-state index is -0.491. The van der Waals surface area contributed by atoms with Gasteiger partial charge in [0.1, 0.15) is 11.6 Å². The van der Waals surface area contributed by atoms with Gasteiger partial charge in [-0.1, -0.05) is 0 Å². The van der Waals surface area contributed by atoms with Gasteiger partial charge in [0.25, 0.3) is 0 Å². The number of halogens is 2. The molecule has 1 fully saturated rings. The normalized spacial score (nSPS) is 19.3. The van der Waals surface area contributed by atoms with E-state index in [2.05, 4.69) is 10.00 Å². The van der Waals surface area contributed by atoms with E-state index in [1.54, 1.807) is 4.68 Å². The summed E-state index contributed by atoms with van der Waals surface area (Å²) < 4.78 is 28.2. The molecule has 1 aliphatic heterocycles. The van der Waals surface area contributed by atoms with Crippen LogP contribution in [0.3, 0.4) is 0 Å². The maximum Gasteiger partial charge on any atom is 0.126 e. The number of rotatable bonds is 4. The fourth-order valence-corrected chi connectivity index (χ4v) is 3.10. The summed E-state index contributed by atoms with van der Waals surface area (Å²) in [6.07, 6.45) is 5.71. The first-order chi connectivity index (χ1) is 10.1. The third kappa shape index (κ3) is 3.67. The van der Waals surface area contributed by atoms with Crippen molar-refractivity contribution in [1.82, 2.24) is 14.7 Å². The van der Waals surface area contributed by atoms with Crippen LogP contribution in [-0.2, 0) is 20.0 Å². The molecule has 112 valence electrons. The lowest BCUT2D eigenvalue weighted by molar-refractivity contribution is 0.316. The van der Waals surface area contributed by atoms with Gasteiger partial charge in [0, 0.05) is 38.0 Å². The van der Waals surface area contributed by atoms with Crippen LogP contribution in [0.4, 0.5) is 8.78 Å². The highest BCUT2D eigenvalue weighted by atomic mass is 19.1. The molecule has 0 aliphatic carbocycles. The van der Waals surface area contributed by atoms with Crippen LogP contribution in [0.5, 0.6) is 0 Å². The van der Waals surface area contributed by atoms with Crippen molar-refractivity contribution < 1.29 is 8.78 Å². The summed E-state index contributed by atoms with van der Waals surface area (Å²) in [5.74, 6) is -0.520. The van der Waals surface area contributed by atoms with Crippen LogP contribution in [0.25, 0.3) is 0 Å². The molecule has 0 bridgehead atoms. The minimum Gasteiger partial charge on any atom is -0.299 e. The SMILES string of the molecule is Cn1cc(CN2CCC(Cc3cc(F)cc(F)c3)C2)cn1. The van der Waals surface area contributed by atoms with Gasteiger partial charge in [0.15, 0.2) is 0 Å². The third-order valence-corrected chi connectivity index (χ3v) is 3.98. The largest absolute Gasteiger partial charge is 0.299 e. The van der Waals surface area contributed by atoms with Gasteiger partial charge in [-0.15, -0.1) is 0 Å². The highest BCUT2D eigenvalue weighted by Gasteiger charge is 2.23. The molecule has 0 saturated carbocycles. The quantitative estimate of drug-likeness (QED) is 0.863. The second kappa shape index (κ2) is 5.93. The lowest BCUT2D eigenvalue weighted by Crippen LogP contribution is -2.20. The van der Waals surface area contributed by atoms with Crippen LogP contribution in [0.15, 0.2) is 30.6 Å². The number of hydrogen-bond donors (Lipinski definition) is 0. The van der Waals surface area contributed by atoms with E-state index >= 15 is 0 Å². The van der Waals surface area contributed by atoms with Crippen molar-refractivity contribution in [2.75, 3.05) is 13.1 Å². The van der Waals surface area contributed by atoms with Gasteiger partial charge in [-0.3, -0.25) is 9.58 Å². The van der Waals surface area contributed by atoms with Crippen molar-refractivity contribution in [2.45, 2.75) is 19.4 Å². The zero-order valence-corrected chi connectivity index (χ0v) is 12.1. The van der Waals surface area contributed by atoms with E-state index in [0.29, 0.717) is 5.92 Å². The Morgan fingerprint density at radius 3 is 2.62 bits per heavy atom. The Hall–Kier alpha value is -1.75. The van der Waals surface area contributed by atoms with Crippen LogP contribution >= 0.6 is 0 Å². The van der Waals surface area contributed by atoms with E-state index in [1.807, 2.05) is 19.4 Å². The van der Waals surface area contributed by atoms with Crippen LogP contribution in [0.2, 0.25) is 0 Å². The summed E-state index contributed by atoms with van der Waals surface area (Å²) in [7, 11) is 1.91. The van der Waals surface area contributed by atoms with Crippen molar-refractivity contribution in [1.29, 1.82) is 0 Å². The molecular weight excluding hydrogens is 272 g/mol. The molecule has 0 radical (unpaired) electrons. The Morgan fingerprint density at radius 1 is 1.19 bits per heavy atom. The number of aryl methyl sites for hydroxylation is 1. The number of benzene rings is 1. The van der Waals surface area contributed by atoms with Gasteiger partial charge in [-0.05, 0) is 43.0 Å². The molecule has 0 spiro atoms. The van der Waals surface area contributed by atoms with Crippen LogP contribution in [0.1, 0.15) is 17.5 Å². The predicted molar refractivity (Wildman–Crippen MR) is 76.7 cm³/mol. The summed E-state index contributed by atoms with van der Waals surface area (Å²) in [5, 5.41) is 4.17.